The van der Waals surface area contributed by atoms with Gasteiger partial charge in [0, 0.05) is 18.0 Å². The molecule has 3 aromatic carbocycles. The minimum Gasteiger partial charge on any atom is -0.494 e. The third-order valence-corrected chi connectivity index (χ3v) is 6.87. The fourth-order valence-electron chi connectivity index (χ4n) is 4.39. The molecule has 0 aliphatic heterocycles. The van der Waals surface area contributed by atoms with Crippen LogP contribution in [0.5, 0.6) is 11.5 Å². The first-order chi connectivity index (χ1) is 20.4. The summed E-state index contributed by atoms with van der Waals surface area (Å²) >= 11 is 0. The van der Waals surface area contributed by atoms with Gasteiger partial charge in [-0.2, -0.15) is 0 Å². The van der Waals surface area contributed by atoms with Crippen molar-refractivity contribution in [3.63, 3.8) is 0 Å². The first-order valence-electron chi connectivity index (χ1n) is 14.6. The van der Waals surface area contributed by atoms with Gasteiger partial charge in [0.25, 0.3) is 5.56 Å². The minimum absolute atomic E-state index is 0.173. The number of nitrogens with zero attached hydrogens (tertiary/aromatic N) is 2. The van der Waals surface area contributed by atoms with Crippen LogP contribution in [0, 0.1) is 13.8 Å². The van der Waals surface area contributed by atoms with Gasteiger partial charge in [-0.05, 0) is 80.4 Å². The lowest BCUT2D eigenvalue weighted by Gasteiger charge is -2.06. The van der Waals surface area contributed by atoms with Crippen LogP contribution in [0.15, 0.2) is 88.7 Å². The van der Waals surface area contributed by atoms with E-state index in [1.165, 1.54) is 42.9 Å². The van der Waals surface area contributed by atoms with Crippen molar-refractivity contribution in [2.45, 2.75) is 59.3 Å². The fourth-order valence-corrected chi connectivity index (χ4v) is 4.39. The minimum atomic E-state index is -0.478. The quantitative estimate of drug-likeness (QED) is 0.0554. The van der Waals surface area contributed by atoms with Crippen molar-refractivity contribution >= 4 is 23.9 Å². The van der Waals surface area contributed by atoms with E-state index in [4.69, 9.17) is 9.47 Å². The van der Waals surface area contributed by atoms with Gasteiger partial charge in [0.2, 0.25) is 0 Å². The van der Waals surface area contributed by atoms with Crippen molar-refractivity contribution in [3.05, 3.63) is 112 Å². The van der Waals surface area contributed by atoms with E-state index in [-0.39, 0.29) is 5.56 Å². The summed E-state index contributed by atoms with van der Waals surface area (Å²) in [6.07, 6.45) is 12.0. The third kappa shape index (κ3) is 8.93. The zero-order valence-electron chi connectivity index (χ0n) is 24.6. The number of aryl methyl sites for hydroxylation is 2. The Balaban J connectivity index is 1.26. The second-order valence-corrected chi connectivity index (χ2v) is 10.3. The van der Waals surface area contributed by atoms with Crippen LogP contribution in [0.3, 0.4) is 0 Å². The summed E-state index contributed by atoms with van der Waals surface area (Å²) in [6, 6.07) is 22.2. The molecule has 0 spiro atoms. The van der Waals surface area contributed by atoms with Crippen molar-refractivity contribution < 1.29 is 14.3 Å². The molecule has 0 radical (unpaired) electrons. The predicted molar refractivity (Wildman–Crippen MR) is 170 cm³/mol. The molecule has 1 heterocycles. The molecule has 0 aliphatic carbocycles. The van der Waals surface area contributed by atoms with Crippen LogP contribution in [-0.2, 0) is 4.79 Å². The van der Waals surface area contributed by atoms with Crippen molar-refractivity contribution in [1.82, 2.24) is 9.78 Å². The Kier molecular flexibility index (Phi) is 11.1. The number of rotatable bonds is 14. The topological polar surface area (TPSA) is 85.7 Å². The highest BCUT2D eigenvalue weighted by Crippen LogP contribution is 2.19. The van der Waals surface area contributed by atoms with Crippen LogP contribution in [-0.4, -0.2) is 28.6 Å². The zero-order chi connectivity index (χ0) is 29.7. The molecule has 0 aliphatic rings. The monoisotopic (exact) mass is 565 g/mol. The first kappa shape index (κ1) is 30.3. The van der Waals surface area contributed by atoms with Gasteiger partial charge in [0.15, 0.2) is 0 Å². The maximum Gasteiger partial charge on any atom is 0.336 e. The van der Waals surface area contributed by atoms with Crippen molar-refractivity contribution in [3.8, 4) is 17.2 Å². The van der Waals surface area contributed by atoms with E-state index < -0.39 is 5.97 Å². The molecule has 0 atom stereocenters. The summed E-state index contributed by atoms with van der Waals surface area (Å²) in [5.41, 5.74) is 4.42. The molecule has 42 heavy (non-hydrogen) atoms. The normalized spacial score (nSPS) is 11.4. The van der Waals surface area contributed by atoms with Gasteiger partial charge in [0.1, 0.15) is 11.5 Å². The molecular weight excluding hydrogens is 526 g/mol. The van der Waals surface area contributed by atoms with Gasteiger partial charge in [0.05, 0.1) is 23.5 Å². The lowest BCUT2D eigenvalue weighted by molar-refractivity contribution is -0.128. The van der Waals surface area contributed by atoms with Crippen molar-refractivity contribution in [2.24, 2.45) is 4.99 Å². The smallest absolute Gasteiger partial charge is 0.336 e. The number of unbranched alkanes of at least 4 members (excludes halogenated alkanes) is 5. The predicted octanol–water partition coefficient (Wildman–Crippen LogP) is 7.89. The number of ether oxygens (including phenoxy) is 2. The summed E-state index contributed by atoms with van der Waals surface area (Å²) in [6.45, 7) is 6.78. The Morgan fingerprint density at radius 2 is 1.52 bits per heavy atom. The highest BCUT2D eigenvalue weighted by molar-refractivity contribution is 5.88. The maximum absolute atomic E-state index is 12.9. The molecule has 0 fully saturated rings. The van der Waals surface area contributed by atoms with Gasteiger partial charge in [-0.15, -0.1) is 0 Å². The van der Waals surface area contributed by atoms with E-state index in [0.29, 0.717) is 17.0 Å². The van der Waals surface area contributed by atoms with E-state index in [1.54, 1.807) is 36.6 Å². The zero-order valence-corrected chi connectivity index (χ0v) is 24.6. The van der Waals surface area contributed by atoms with Gasteiger partial charge in [-0.3, -0.25) is 14.9 Å². The molecule has 1 aromatic heterocycles. The molecule has 7 nitrogen and oxygen atoms in total. The van der Waals surface area contributed by atoms with Gasteiger partial charge in [-0.25, -0.2) is 9.48 Å². The molecule has 4 aromatic rings. The average Bonchev–Trinajstić information content (AvgIpc) is 3.28. The van der Waals surface area contributed by atoms with Crippen LogP contribution < -0.4 is 15.0 Å². The van der Waals surface area contributed by atoms with Crippen LogP contribution in [0.4, 0.5) is 5.69 Å². The summed E-state index contributed by atoms with van der Waals surface area (Å²) in [7, 11) is 0. The Morgan fingerprint density at radius 3 is 2.24 bits per heavy atom. The lowest BCUT2D eigenvalue weighted by Crippen LogP contribution is -2.17. The van der Waals surface area contributed by atoms with E-state index in [9.17, 15) is 9.59 Å². The molecule has 0 bridgehead atoms. The highest BCUT2D eigenvalue weighted by Gasteiger charge is 2.10. The average molecular weight is 566 g/mol. The van der Waals surface area contributed by atoms with Crippen LogP contribution in [0.1, 0.15) is 67.8 Å². The lowest BCUT2D eigenvalue weighted by atomic mass is 10.1. The molecule has 4 rings (SSSR count). The number of hydrogen-bond acceptors (Lipinski definition) is 5. The number of carbonyl (C=O) groups excluding carboxylic acids is 1. The number of aliphatic imine (C=N–C) groups is 1. The Bertz CT molecular complexity index is 1540. The number of carbonyl (C=O) groups is 1. The van der Waals surface area contributed by atoms with E-state index >= 15 is 0 Å². The Hall–Kier alpha value is -4.65. The molecule has 1 N–H and O–H groups in total. The van der Waals surface area contributed by atoms with E-state index in [2.05, 4.69) is 17.0 Å². The molecule has 0 saturated carbocycles. The fraction of sp³-hybridized carbons (Fsp3) is 0.286. The maximum atomic E-state index is 12.9. The first-order valence-corrected chi connectivity index (χ1v) is 14.6. The molecule has 0 saturated heterocycles. The second-order valence-electron chi connectivity index (χ2n) is 10.3. The highest BCUT2D eigenvalue weighted by atomic mass is 16.5. The van der Waals surface area contributed by atoms with Crippen LogP contribution in [0.25, 0.3) is 11.8 Å². The molecular formula is C35H39N3O4. The van der Waals surface area contributed by atoms with Crippen LogP contribution >= 0.6 is 0 Å². The number of esters is 1. The third-order valence-electron chi connectivity index (χ3n) is 6.87. The summed E-state index contributed by atoms with van der Waals surface area (Å²) in [4.78, 5) is 29.7. The molecule has 7 heteroatoms. The molecule has 0 unspecified atom stereocenters. The standard InChI is InChI=1S/C35H39N3O4/c1-4-5-6-7-8-9-24-41-31-19-12-28(13-20-31)14-23-34(39)42-32-21-15-29(16-22-32)36-25-33-27(3)37-38(35(33)40)30-17-10-26(2)11-18-30/h10-23,25,37H,4-9,24H2,1-3H3/b23-14+,36-25?. The van der Waals surface area contributed by atoms with Crippen molar-refractivity contribution in [1.29, 1.82) is 0 Å². The van der Waals surface area contributed by atoms with Crippen LogP contribution in [0.2, 0.25) is 0 Å². The van der Waals surface area contributed by atoms with Crippen molar-refractivity contribution in [2.75, 3.05) is 6.61 Å². The number of H-pyrrole nitrogens is 1. The van der Waals surface area contributed by atoms with E-state index in [1.807, 2.05) is 62.4 Å². The summed E-state index contributed by atoms with van der Waals surface area (Å²) in [5.74, 6) is 0.755. The number of nitrogens with one attached hydrogen (secondary N) is 1. The van der Waals surface area contributed by atoms with Gasteiger partial charge >= 0.3 is 5.97 Å². The number of benzene rings is 3. The Labute approximate surface area is 247 Å². The second kappa shape index (κ2) is 15.4. The van der Waals surface area contributed by atoms with E-state index in [0.717, 1.165) is 41.3 Å². The SMILES string of the molecule is CCCCCCCCOc1ccc(/C=C/C(=O)Oc2ccc(N=Cc3c(C)[nH]n(-c4ccc(C)cc4)c3=O)cc2)cc1. The van der Waals surface area contributed by atoms with Gasteiger partial charge < -0.3 is 9.47 Å². The molecule has 218 valence electrons. The summed E-state index contributed by atoms with van der Waals surface area (Å²) < 4.78 is 12.7. The Morgan fingerprint density at radius 1 is 0.857 bits per heavy atom. The molecule has 0 amide bonds. The number of aromatic amines is 1. The number of aromatic nitrogens is 2. The van der Waals surface area contributed by atoms with Gasteiger partial charge in [-0.1, -0.05) is 68.9 Å². The number of hydrogen-bond donors (Lipinski definition) is 1. The summed E-state index contributed by atoms with van der Waals surface area (Å²) in [5, 5.41) is 3.10. The largest absolute Gasteiger partial charge is 0.494 e.